The maximum Gasteiger partial charge on any atom is 0.119 e. The molecule has 2 aromatic rings. The summed E-state index contributed by atoms with van der Waals surface area (Å²) in [5.74, 6) is 1.45. The summed E-state index contributed by atoms with van der Waals surface area (Å²) in [6, 6.07) is 5.98. The highest BCUT2D eigenvalue weighted by atomic mass is 16.5. The van der Waals surface area contributed by atoms with Crippen LogP contribution in [0.3, 0.4) is 0 Å². The molecule has 1 aliphatic rings. The second-order valence-electron chi connectivity index (χ2n) is 6.00. The lowest BCUT2D eigenvalue weighted by Gasteiger charge is -2.21. The standard InChI is InChI=1S/C18H24N2O3/c1-22-17-2-3-18(15(10-17)4-7-21)16-11-19-20(13-16)12-14-5-8-23-9-6-14/h2-3,10-11,13-14,21H,4-9,12H2,1H3. The zero-order valence-electron chi connectivity index (χ0n) is 13.6. The molecular weight excluding hydrogens is 292 g/mol. The predicted molar refractivity (Wildman–Crippen MR) is 88.5 cm³/mol. The maximum absolute atomic E-state index is 9.30. The first-order valence-corrected chi connectivity index (χ1v) is 8.18. The molecule has 5 heteroatoms. The summed E-state index contributed by atoms with van der Waals surface area (Å²) in [5.41, 5.74) is 3.28. The lowest BCUT2D eigenvalue weighted by atomic mass is 9.99. The topological polar surface area (TPSA) is 56.5 Å². The fourth-order valence-corrected chi connectivity index (χ4v) is 3.10. The van der Waals surface area contributed by atoms with Gasteiger partial charge in [0.25, 0.3) is 0 Å². The Hall–Kier alpha value is -1.85. The molecule has 1 aromatic heterocycles. The number of nitrogens with zero attached hydrogens (tertiary/aromatic N) is 2. The highest BCUT2D eigenvalue weighted by Crippen LogP contribution is 2.28. The van der Waals surface area contributed by atoms with E-state index in [1.54, 1.807) is 7.11 Å². The van der Waals surface area contributed by atoms with Crippen LogP contribution in [0.15, 0.2) is 30.6 Å². The minimum absolute atomic E-state index is 0.121. The first-order chi connectivity index (χ1) is 11.3. The Morgan fingerprint density at radius 1 is 1.35 bits per heavy atom. The van der Waals surface area contributed by atoms with Gasteiger partial charge >= 0.3 is 0 Å². The molecule has 0 amide bonds. The lowest BCUT2D eigenvalue weighted by Crippen LogP contribution is -2.20. The van der Waals surface area contributed by atoms with E-state index in [0.29, 0.717) is 12.3 Å². The van der Waals surface area contributed by atoms with Crippen molar-refractivity contribution in [2.45, 2.75) is 25.8 Å². The molecular formula is C18H24N2O3. The molecule has 0 unspecified atom stereocenters. The number of rotatable bonds is 6. The highest BCUT2D eigenvalue weighted by molar-refractivity contribution is 5.67. The Morgan fingerprint density at radius 3 is 2.91 bits per heavy atom. The second kappa shape index (κ2) is 7.62. The van der Waals surface area contributed by atoms with Crippen molar-refractivity contribution in [1.29, 1.82) is 0 Å². The average Bonchev–Trinajstić information content (AvgIpc) is 3.04. The van der Waals surface area contributed by atoms with E-state index in [4.69, 9.17) is 9.47 Å². The zero-order valence-corrected chi connectivity index (χ0v) is 13.6. The summed E-state index contributed by atoms with van der Waals surface area (Å²) in [6.07, 6.45) is 6.82. The summed E-state index contributed by atoms with van der Waals surface area (Å²) in [4.78, 5) is 0. The summed E-state index contributed by atoms with van der Waals surface area (Å²) in [5, 5.41) is 13.8. The molecule has 2 heterocycles. The monoisotopic (exact) mass is 316 g/mol. The van der Waals surface area contributed by atoms with Gasteiger partial charge in [0.05, 0.1) is 13.3 Å². The maximum atomic E-state index is 9.30. The smallest absolute Gasteiger partial charge is 0.119 e. The van der Waals surface area contributed by atoms with Crippen molar-refractivity contribution < 1.29 is 14.6 Å². The van der Waals surface area contributed by atoms with E-state index in [1.165, 1.54) is 0 Å². The van der Waals surface area contributed by atoms with Crippen LogP contribution >= 0.6 is 0 Å². The summed E-state index contributed by atoms with van der Waals surface area (Å²) in [6.45, 7) is 2.78. The van der Waals surface area contributed by atoms with Crippen LogP contribution in [0.1, 0.15) is 18.4 Å². The van der Waals surface area contributed by atoms with Gasteiger partial charge in [-0.05, 0) is 48.4 Å². The lowest BCUT2D eigenvalue weighted by molar-refractivity contribution is 0.0601. The molecule has 1 fully saturated rings. The van der Waals surface area contributed by atoms with Gasteiger partial charge in [-0.1, -0.05) is 6.07 Å². The minimum Gasteiger partial charge on any atom is -0.497 e. The average molecular weight is 316 g/mol. The van der Waals surface area contributed by atoms with Gasteiger partial charge in [0.1, 0.15) is 5.75 Å². The fourth-order valence-electron chi connectivity index (χ4n) is 3.10. The molecule has 1 aliphatic heterocycles. The van der Waals surface area contributed by atoms with Gasteiger partial charge in [-0.2, -0.15) is 5.10 Å². The van der Waals surface area contributed by atoms with E-state index in [0.717, 1.165) is 55.0 Å². The van der Waals surface area contributed by atoms with Crippen molar-refractivity contribution in [2.75, 3.05) is 26.9 Å². The van der Waals surface area contributed by atoms with Crippen LogP contribution < -0.4 is 4.74 Å². The number of ether oxygens (including phenoxy) is 2. The molecule has 0 radical (unpaired) electrons. The molecule has 1 saturated heterocycles. The van der Waals surface area contributed by atoms with Gasteiger partial charge < -0.3 is 14.6 Å². The molecule has 0 saturated carbocycles. The first kappa shape index (κ1) is 16.0. The van der Waals surface area contributed by atoms with E-state index < -0.39 is 0 Å². The third-order valence-electron chi connectivity index (χ3n) is 4.42. The number of aliphatic hydroxyl groups excluding tert-OH is 1. The van der Waals surface area contributed by atoms with Crippen molar-refractivity contribution in [2.24, 2.45) is 5.92 Å². The Bertz CT molecular complexity index is 633. The van der Waals surface area contributed by atoms with Gasteiger partial charge in [-0.15, -0.1) is 0 Å². The normalized spacial score (nSPS) is 15.7. The Balaban J connectivity index is 1.78. The third-order valence-corrected chi connectivity index (χ3v) is 4.42. The molecule has 1 aromatic carbocycles. The molecule has 124 valence electrons. The number of hydrogen-bond acceptors (Lipinski definition) is 4. The van der Waals surface area contributed by atoms with Gasteiger partial charge in [-0.25, -0.2) is 0 Å². The van der Waals surface area contributed by atoms with E-state index in [-0.39, 0.29) is 6.61 Å². The van der Waals surface area contributed by atoms with Crippen molar-refractivity contribution in [3.63, 3.8) is 0 Å². The number of aromatic nitrogens is 2. The van der Waals surface area contributed by atoms with E-state index in [2.05, 4.69) is 11.3 Å². The number of hydrogen-bond donors (Lipinski definition) is 1. The quantitative estimate of drug-likeness (QED) is 0.890. The SMILES string of the molecule is COc1ccc(-c2cnn(CC3CCOCC3)c2)c(CCO)c1. The van der Waals surface area contributed by atoms with Crippen LogP contribution in [0.2, 0.25) is 0 Å². The summed E-state index contributed by atoms with van der Waals surface area (Å²) < 4.78 is 12.7. The molecule has 0 atom stereocenters. The molecule has 3 rings (SSSR count). The number of methoxy groups -OCH3 is 1. The van der Waals surface area contributed by atoms with Gasteiger partial charge in [0, 0.05) is 38.1 Å². The van der Waals surface area contributed by atoms with E-state index >= 15 is 0 Å². The molecule has 1 N–H and O–H groups in total. The molecule has 23 heavy (non-hydrogen) atoms. The summed E-state index contributed by atoms with van der Waals surface area (Å²) in [7, 11) is 1.66. The van der Waals surface area contributed by atoms with Crippen molar-refractivity contribution in [3.8, 4) is 16.9 Å². The Labute approximate surface area is 136 Å². The van der Waals surface area contributed by atoms with Gasteiger partial charge in [0.2, 0.25) is 0 Å². The van der Waals surface area contributed by atoms with E-state index in [9.17, 15) is 5.11 Å². The van der Waals surface area contributed by atoms with Crippen LogP contribution in [0.5, 0.6) is 5.75 Å². The Kier molecular flexibility index (Phi) is 5.31. The predicted octanol–water partition coefficient (Wildman–Crippen LogP) is 2.52. The molecule has 0 aliphatic carbocycles. The van der Waals surface area contributed by atoms with Crippen LogP contribution in [0.4, 0.5) is 0 Å². The van der Waals surface area contributed by atoms with Crippen LogP contribution in [0, 0.1) is 5.92 Å². The molecule has 0 bridgehead atoms. The largest absolute Gasteiger partial charge is 0.497 e. The highest BCUT2D eigenvalue weighted by Gasteiger charge is 2.15. The number of aliphatic hydroxyl groups is 1. The zero-order chi connectivity index (χ0) is 16.1. The fraction of sp³-hybridized carbons (Fsp3) is 0.500. The van der Waals surface area contributed by atoms with Crippen LogP contribution in [-0.4, -0.2) is 41.8 Å². The molecule has 0 spiro atoms. The van der Waals surface area contributed by atoms with Gasteiger partial charge in [0.15, 0.2) is 0 Å². The third kappa shape index (κ3) is 3.92. The van der Waals surface area contributed by atoms with Gasteiger partial charge in [-0.3, -0.25) is 4.68 Å². The van der Waals surface area contributed by atoms with Crippen molar-refractivity contribution in [3.05, 3.63) is 36.2 Å². The van der Waals surface area contributed by atoms with Crippen LogP contribution in [0.25, 0.3) is 11.1 Å². The van der Waals surface area contributed by atoms with Crippen molar-refractivity contribution >= 4 is 0 Å². The Morgan fingerprint density at radius 2 is 2.17 bits per heavy atom. The van der Waals surface area contributed by atoms with Crippen LogP contribution in [-0.2, 0) is 17.7 Å². The van der Waals surface area contributed by atoms with Crippen molar-refractivity contribution in [1.82, 2.24) is 9.78 Å². The minimum atomic E-state index is 0.121. The van der Waals surface area contributed by atoms with E-state index in [1.807, 2.05) is 29.1 Å². The summed E-state index contributed by atoms with van der Waals surface area (Å²) >= 11 is 0. The molecule has 5 nitrogen and oxygen atoms in total. The number of benzene rings is 1. The second-order valence-corrected chi connectivity index (χ2v) is 6.00. The first-order valence-electron chi connectivity index (χ1n) is 8.18.